The SMILES string of the molecule is CNC(C(=O)N(C)CC(C)C)c1cnn(C)c1. The van der Waals surface area contributed by atoms with Crippen molar-refractivity contribution in [2.45, 2.75) is 19.9 Å². The smallest absolute Gasteiger partial charge is 0.244 e. The van der Waals surface area contributed by atoms with E-state index in [0.717, 1.165) is 12.1 Å². The van der Waals surface area contributed by atoms with Gasteiger partial charge < -0.3 is 10.2 Å². The van der Waals surface area contributed by atoms with E-state index in [1.54, 1.807) is 22.8 Å². The minimum atomic E-state index is -0.313. The van der Waals surface area contributed by atoms with Crippen molar-refractivity contribution in [1.82, 2.24) is 20.0 Å². The molecule has 5 nitrogen and oxygen atoms in total. The molecule has 1 heterocycles. The monoisotopic (exact) mass is 238 g/mol. The lowest BCUT2D eigenvalue weighted by atomic mass is 10.1. The van der Waals surface area contributed by atoms with Gasteiger partial charge in [0.25, 0.3) is 0 Å². The van der Waals surface area contributed by atoms with Gasteiger partial charge in [-0.1, -0.05) is 13.8 Å². The molecular weight excluding hydrogens is 216 g/mol. The van der Waals surface area contributed by atoms with Crippen molar-refractivity contribution in [3.8, 4) is 0 Å². The summed E-state index contributed by atoms with van der Waals surface area (Å²) in [6, 6.07) is -0.313. The van der Waals surface area contributed by atoms with Crippen LogP contribution in [0.3, 0.4) is 0 Å². The highest BCUT2D eigenvalue weighted by Crippen LogP contribution is 2.14. The normalized spacial score (nSPS) is 12.8. The van der Waals surface area contributed by atoms with Crippen molar-refractivity contribution in [2.75, 3.05) is 20.6 Å². The second-order valence-corrected chi connectivity index (χ2v) is 4.78. The standard InChI is InChI=1S/C12H22N4O/c1-9(2)7-15(4)12(17)11(13-3)10-6-14-16(5)8-10/h6,8-9,11,13H,7H2,1-5H3. The van der Waals surface area contributed by atoms with Crippen molar-refractivity contribution < 1.29 is 4.79 Å². The first-order chi connectivity index (χ1) is 7.95. The number of aryl methyl sites for hydroxylation is 1. The number of aromatic nitrogens is 2. The quantitative estimate of drug-likeness (QED) is 0.825. The molecule has 0 aliphatic heterocycles. The molecule has 96 valence electrons. The molecule has 0 saturated carbocycles. The third kappa shape index (κ3) is 3.56. The highest BCUT2D eigenvalue weighted by Gasteiger charge is 2.23. The van der Waals surface area contributed by atoms with Gasteiger partial charge in [-0.15, -0.1) is 0 Å². The van der Waals surface area contributed by atoms with Crippen molar-refractivity contribution in [2.24, 2.45) is 13.0 Å². The van der Waals surface area contributed by atoms with Gasteiger partial charge >= 0.3 is 0 Å². The number of likely N-dealkylation sites (N-methyl/N-ethyl adjacent to an activating group) is 2. The summed E-state index contributed by atoms with van der Waals surface area (Å²) in [5.41, 5.74) is 0.899. The van der Waals surface area contributed by atoms with Crippen LogP contribution in [-0.2, 0) is 11.8 Å². The fourth-order valence-electron chi connectivity index (χ4n) is 1.88. The number of nitrogens with one attached hydrogen (secondary N) is 1. The summed E-state index contributed by atoms with van der Waals surface area (Å²) < 4.78 is 1.70. The molecule has 0 radical (unpaired) electrons. The molecule has 1 atom stereocenters. The number of carbonyl (C=O) groups is 1. The van der Waals surface area contributed by atoms with Crippen LogP contribution in [0.5, 0.6) is 0 Å². The molecule has 1 unspecified atom stereocenters. The number of rotatable bonds is 5. The third-order valence-corrected chi connectivity index (χ3v) is 2.61. The second-order valence-electron chi connectivity index (χ2n) is 4.78. The van der Waals surface area contributed by atoms with E-state index in [1.165, 1.54) is 0 Å². The Hall–Kier alpha value is -1.36. The Bertz CT molecular complexity index is 372. The first kappa shape index (κ1) is 13.7. The molecule has 0 aliphatic rings. The van der Waals surface area contributed by atoms with E-state index in [0.29, 0.717) is 5.92 Å². The van der Waals surface area contributed by atoms with Gasteiger partial charge in [0.2, 0.25) is 5.91 Å². The van der Waals surface area contributed by atoms with Crippen LogP contribution < -0.4 is 5.32 Å². The van der Waals surface area contributed by atoms with Gasteiger partial charge in [-0.3, -0.25) is 9.48 Å². The van der Waals surface area contributed by atoms with E-state index in [2.05, 4.69) is 24.3 Å². The molecule has 1 rings (SSSR count). The van der Waals surface area contributed by atoms with Gasteiger partial charge in [-0.05, 0) is 13.0 Å². The Morgan fingerprint density at radius 3 is 2.65 bits per heavy atom. The predicted molar refractivity (Wildman–Crippen MR) is 67.5 cm³/mol. The van der Waals surface area contributed by atoms with Gasteiger partial charge in [0.1, 0.15) is 6.04 Å². The van der Waals surface area contributed by atoms with Crippen molar-refractivity contribution in [1.29, 1.82) is 0 Å². The van der Waals surface area contributed by atoms with Crippen LogP contribution in [-0.4, -0.2) is 41.2 Å². The third-order valence-electron chi connectivity index (χ3n) is 2.61. The lowest BCUT2D eigenvalue weighted by molar-refractivity contribution is -0.132. The van der Waals surface area contributed by atoms with Crippen LogP contribution in [0.1, 0.15) is 25.5 Å². The molecular formula is C12H22N4O. The fourth-order valence-corrected chi connectivity index (χ4v) is 1.88. The average Bonchev–Trinajstić information content (AvgIpc) is 2.64. The summed E-state index contributed by atoms with van der Waals surface area (Å²) in [6.07, 6.45) is 3.59. The van der Waals surface area contributed by atoms with Crippen LogP contribution in [0.2, 0.25) is 0 Å². The molecule has 0 saturated heterocycles. The summed E-state index contributed by atoms with van der Waals surface area (Å²) >= 11 is 0. The minimum Gasteiger partial charge on any atom is -0.344 e. The Labute approximate surface area is 103 Å². The van der Waals surface area contributed by atoms with Gasteiger partial charge in [-0.25, -0.2) is 0 Å². The summed E-state index contributed by atoms with van der Waals surface area (Å²) in [7, 11) is 5.47. The maximum atomic E-state index is 12.2. The minimum absolute atomic E-state index is 0.0780. The van der Waals surface area contributed by atoms with E-state index < -0.39 is 0 Å². The number of carbonyl (C=O) groups excluding carboxylic acids is 1. The molecule has 1 aromatic rings. The van der Waals surface area contributed by atoms with Crippen molar-refractivity contribution >= 4 is 5.91 Å². The topological polar surface area (TPSA) is 50.2 Å². The van der Waals surface area contributed by atoms with E-state index in [9.17, 15) is 4.79 Å². The number of hydrogen-bond acceptors (Lipinski definition) is 3. The second kappa shape index (κ2) is 5.82. The van der Waals surface area contributed by atoms with Crippen LogP contribution in [0, 0.1) is 5.92 Å². The number of nitrogens with zero attached hydrogens (tertiary/aromatic N) is 3. The molecule has 0 fully saturated rings. The Morgan fingerprint density at radius 2 is 2.24 bits per heavy atom. The zero-order chi connectivity index (χ0) is 13.0. The fraction of sp³-hybridized carbons (Fsp3) is 0.667. The van der Waals surface area contributed by atoms with Gasteiger partial charge in [-0.2, -0.15) is 5.10 Å². The molecule has 5 heteroatoms. The van der Waals surface area contributed by atoms with E-state index in [4.69, 9.17) is 0 Å². The first-order valence-electron chi connectivity index (χ1n) is 5.86. The van der Waals surface area contributed by atoms with Crippen LogP contribution in [0.15, 0.2) is 12.4 Å². The first-order valence-corrected chi connectivity index (χ1v) is 5.86. The lowest BCUT2D eigenvalue weighted by Crippen LogP contribution is -2.39. The summed E-state index contributed by atoms with van der Waals surface area (Å²) in [5.74, 6) is 0.546. The lowest BCUT2D eigenvalue weighted by Gasteiger charge is -2.24. The molecule has 17 heavy (non-hydrogen) atoms. The average molecular weight is 238 g/mol. The zero-order valence-electron chi connectivity index (χ0n) is 11.3. The number of hydrogen-bond donors (Lipinski definition) is 1. The highest BCUT2D eigenvalue weighted by atomic mass is 16.2. The summed E-state index contributed by atoms with van der Waals surface area (Å²) in [5, 5.41) is 7.14. The molecule has 0 aromatic carbocycles. The molecule has 0 aliphatic carbocycles. The summed E-state index contributed by atoms with van der Waals surface area (Å²) in [6.45, 7) is 4.96. The van der Waals surface area contributed by atoms with Crippen molar-refractivity contribution in [3.05, 3.63) is 18.0 Å². The summed E-state index contributed by atoms with van der Waals surface area (Å²) in [4.78, 5) is 14.0. The van der Waals surface area contributed by atoms with Crippen molar-refractivity contribution in [3.63, 3.8) is 0 Å². The maximum Gasteiger partial charge on any atom is 0.244 e. The number of amides is 1. The van der Waals surface area contributed by atoms with E-state index >= 15 is 0 Å². The van der Waals surface area contributed by atoms with Gasteiger partial charge in [0.05, 0.1) is 6.20 Å². The van der Waals surface area contributed by atoms with Gasteiger partial charge in [0.15, 0.2) is 0 Å². The van der Waals surface area contributed by atoms with Gasteiger partial charge in [0, 0.05) is 32.4 Å². The largest absolute Gasteiger partial charge is 0.344 e. The zero-order valence-corrected chi connectivity index (χ0v) is 11.3. The van der Waals surface area contributed by atoms with E-state index in [-0.39, 0.29) is 11.9 Å². The molecule has 0 spiro atoms. The highest BCUT2D eigenvalue weighted by molar-refractivity contribution is 5.82. The van der Waals surface area contributed by atoms with Crippen LogP contribution >= 0.6 is 0 Å². The predicted octanol–water partition coefficient (Wildman–Crippen LogP) is 0.795. The van der Waals surface area contributed by atoms with Crippen LogP contribution in [0.25, 0.3) is 0 Å². The molecule has 1 amide bonds. The van der Waals surface area contributed by atoms with E-state index in [1.807, 2.05) is 20.3 Å². The molecule has 0 bridgehead atoms. The Kier molecular flexibility index (Phi) is 4.69. The Balaban J connectivity index is 2.77. The Morgan fingerprint density at radius 1 is 1.59 bits per heavy atom. The molecule has 1 N–H and O–H groups in total. The molecule has 1 aromatic heterocycles. The maximum absolute atomic E-state index is 12.2. The van der Waals surface area contributed by atoms with Crippen LogP contribution in [0.4, 0.5) is 0 Å².